The lowest BCUT2D eigenvalue weighted by atomic mass is 10.0. The number of methoxy groups -OCH3 is 2. The summed E-state index contributed by atoms with van der Waals surface area (Å²) in [5.41, 5.74) is 1.21. The van der Waals surface area contributed by atoms with Crippen LogP contribution in [0.1, 0.15) is 38.8 Å². The lowest BCUT2D eigenvalue weighted by Gasteiger charge is -2.24. The third kappa shape index (κ3) is 4.67. The van der Waals surface area contributed by atoms with Crippen molar-refractivity contribution < 1.29 is 9.47 Å². The van der Waals surface area contributed by atoms with Gasteiger partial charge in [0.15, 0.2) is 0 Å². The molecular weight excluding hydrogens is 226 g/mol. The van der Waals surface area contributed by atoms with Crippen LogP contribution in [0.5, 0.6) is 5.75 Å². The molecule has 0 fully saturated rings. The van der Waals surface area contributed by atoms with Crippen LogP contribution in [0.4, 0.5) is 0 Å². The molecule has 0 aliphatic rings. The Balaban J connectivity index is 2.42. The van der Waals surface area contributed by atoms with Gasteiger partial charge in [0, 0.05) is 13.2 Å². The van der Waals surface area contributed by atoms with E-state index in [1.807, 2.05) is 12.1 Å². The average molecular weight is 251 g/mol. The van der Waals surface area contributed by atoms with Gasteiger partial charge >= 0.3 is 0 Å². The Hall–Kier alpha value is -1.06. The van der Waals surface area contributed by atoms with Gasteiger partial charge in [0.2, 0.25) is 0 Å². The van der Waals surface area contributed by atoms with Gasteiger partial charge in [0.1, 0.15) is 5.75 Å². The van der Waals surface area contributed by atoms with Crippen LogP contribution in [0.2, 0.25) is 0 Å². The molecule has 3 nitrogen and oxygen atoms in total. The average Bonchev–Trinajstić information content (AvgIpc) is 2.38. The first-order valence-electron chi connectivity index (χ1n) is 6.41. The second-order valence-corrected chi connectivity index (χ2v) is 5.16. The fraction of sp³-hybridized carbons (Fsp3) is 0.600. The summed E-state index contributed by atoms with van der Waals surface area (Å²) in [6, 6.07) is 8.51. The van der Waals surface area contributed by atoms with Crippen molar-refractivity contribution in [1.29, 1.82) is 0 Å². The van der Waals surface area contributed by atoms with Crippen molar-refractivity contribution in [2.75, 3.05) is 20.8 Å². The lowest BCUT2D eigenvalue weighted by molar-refractivity contribution is 0.0154. The molecule has 1 rings (SSSR count). The third-order valence-electron chi connectivity index (χ3n) is 3.35. The van der Waals surface area contributed by atoms with Crippen molar-refractivity contribution in [3.05, 3.63) is 29.8 Å². The summed E-state index contributed by atoms with van der Waals surface area (Å²) in [7, 11) is 3.44. The van der Waals surface area contributed by atoms with Crippen molar-refractivity contribution in [2.24, 2.45) is 0 Å². The van der Waals surface area contributed by atoms with E-state index in [1.54, 1.807) is 14.2 Å². The van der Waals surface area contributed by atoms with Gasteiger partial charge in [-0.05, 0) is 51.4 Å². The maximum absolute atomic E-state index is 5.40. The summed E-state index contributed by atoms with van der Waals surface area (Å²) in [6.07, 6.45) is 0.990. The predicted molar refractivity (Wildman–Crippen MR) is 75.1 cm³/mol. The Bertz CT molecular complexity index is 346. The van der Waals surface area contributed by atoms with Crippen LogP contribution in [0, 0.1) is 0 Å². The molecule has 0 saturated carbocycles. The number of rotatable bonds is 7. The van der Waals surface area contributed by atoms with Gasteiger partial charge in [-0.3, -0.25) is 0 Å². The van der Waals surface area contributed by atoms with Gasteiger partial charge in [-0.15, -0.1) is 0 Å². The topological polar surface area (TPSA) is 30.5 Å². The minimum Gasteiger partial charge on any atom is -0.497 e. The van der Waals surface area contributed by atoms with Gasteiger partial charge in [0.25, 0.3) is 0 Å². The molecule has 102 valence electrons. The Morgan fingerprint density at radius 2 is 1.78 bits per heavy atom. The first-order chi connectivity index (χ1) is 8.48. The molecule has 0 unspecified atom stereocenters. The summed E-state index contributed by atoms with van der Waals surface area (Å²) in [6.45, 7) is 7.31. The SMILES string of the molecule is COc1ccc([C@@H](C)NCCC(C)(C)OC)cc1. The number of hydrogen-bond acceptors (Lipinski definition) is 3. The van der Waals surface area contributed by atoms with Crippen molar-refractivity contribution in [3.8, 4) is 5.75 Å². The van der Waals surface area contributed by atoms with Crippen LogP contribution in [0.15, 0.2) is 24.3 Å². The second-order valence-electron chi connectivity index (χ2n) is 5.16. The maximum Gasteiger partial charge on any atom is 0.118 e. The third-order valence-corrected chi connectivity index (χ3v) is 3.35. The molecule has 0 aliphatic heterocycles. The largest absolute Gasteiger partial charge is 0.497 e. The molecule has 18 heavy (non-hydrogen) atoms. The minimum atomic E-state index is -0.0629. The number of ether oxygens (including phenoxy) is 2. The van der Waals surface area contributed by atoms with Crippen LogP contribution in [0.25, 0.3) is 0 Å². The van der Waals surface area contributed by atoms with E-state index in [4.69, 9.17) is 9.47 Å². The number of hydrogen-bond donors (Lipinski definition) is 1. The molecule has 1 aromatic rings. The lowest BCUT2D eigenvalue weighted by Crippen LogP contribution is -2.30. The smallest absolute Gasteiger partial charge is 0.118 e. The maximum atomic E-state index is 5.40. The van der Waals surface area contributed by atoms with E-state index >= 15 is 0 Å². The highest BCUT2D eigenvalue weighted by atomic mass is 16.5. The van der Waals surface area contributed by atoms with Gasteiger partial charge in [-0.2, -0.15) is 0 Å². The molecule has 0 saturated heterocycles. The Kier molecular flexibility index (Phi) is 5.63. The molecule has 0 heterocycles. The van der Waals surface area contributed by atoms with E-state index in [9.17, 15) is 0 Å². The molecule has 0 radical (unpaired) electrons. The molecule has 3 heteroatoms. The highest BCUT2D eigenvalue weighted by Crippen LogP contribution is 2.18. The highest BCUT2D eigenvalue weighted by molar-refractivity contribution is 5.28. The van der Waals surface area contributed by atoms with Gasteiger partial charge in [-0.25, -0.2) is 0 Å². The molecule has 0 amide bonds. The van der Waals surface area contributed by atoms with E-state index in [1.165, 1.54) is 5.56 Å². The Labute approximate surface area is 110 Å². The van der Waals surface area contributed by atoms with Crippen LogP contribution in [-0.2, 0) is 4.74 Å². The summed E-state index contributed by atoms with van der Waals surface area (Å²) in [5.74, 6) is 0.895. The summed E-state index contributed by atoms with van der Waals surface area (Å²) < 4.78 is 10.6. The first-order valence-corrected chi connectivity index (χ1v) is 6.41. The monoisotopic (exact) mass is 251 g/mol. The van der Waals surface area contributed by atoms with Gasteiger partial charge in [-0.1, -0.05) is 12.1 Å². The summed E-state index contributed by atoms with van der Waals surface area (Å²) >= 11 is 0. The second kappa shape index (κ2) is 6.76. The van der Waals surface area contributed by atoms with Crippen LogP contribution >= 0.6 is 0 Å². The molecule has 0 spiro atoms. The summed E-state index contributed by atoms with van der Waals surface area (Å²) in [5, 5.41) is 3.51. The van der Waals surface area contributed by atoms with E-state index in [2.05, 4.69) is 38.2 Å². The number of nitrogens with one attached hydrogen (secondary N) is 1. The highest BCUT2D eigenvalue weighted by Gasteiger charge is 2.16. The predicted octanol–water partition coefficient (Wildman–Crippen LogP) is 3.16. The zero-order valence-corrected chi connectivity index (χ0v) is 12.1. The number of benzene rings is 1. The van der Waals surface area contributed by atoms with Gasteiger partial charge in [0.05, 0.1) is 12.7 Å². The van der Waals surface area contributed by atoms with Crippen LogP contribution in [-0.4, -0.2) is 26.4 Å². The quantitative estimate of drug-likeness (QED) is 0.807. The van der Waals surface area contributed by atoms with Crippen molar-refractivity contribution >= 4 is 0 Å². The van der Waals surface area contributed by atoms with Crippen LogP contribution < -0.4 is 10.1 Å². The van der Waals surface area contributed by atoms with E-state index in [0.717, 1.165) is 18.7 Å². The van der Waals surface area contributed by atoms with Crippen molar-refractivity contribution in [2.45, 2.75) is 38.8 Å². The van der Waals surface area contributed by atoms with Gasteiger partial charge < -0.3 is 14.8 Å². The molecule has 1 N–H and O–H groups in total. The van der Waals surface area contributed by atoms with Crippen molar-refractivity contribution in [3.63, 3.8) is 0 Å². The minimum absolute atomic E-state index is 0.0629. The van der Waals surface area contributed by atoms with Crippen LogP contribution in [0.3, 0.4) is 0 Å². The molecule has 0 aromatic heterocycles. The fourth-order valence-electron chi connectivity index (χ4n) is 1.70. The van der Waals surface area contributed by atoms with E-state index in [-0.39, 0.29) is 5.60 Å². The molecule has 1 aromatic carbocycles. The fourth-order valence-corrected chi connectivity index (χ4v) is 1.70. The molecule has 0 bridgehead atoms. The molecule has 0 aliphatic carbocycles. The van der Waals surface area contributed by atoms with Crippen molar-refractivity contribution in [1.82, 2.24) is 5.32 Å². The Morgan fingerprint density at radius 3 is 2.28 bits per heavy atom. The van der Waals surface area contributed by atoms with E-state index < -0.39 is 0 Å². The molecular formula is C15H25NO2. The Morgan fingerprint density at radius 1 is 1.17 bits per heavy atom. The molecule has 1 atom stereocenters. The normalized spacial score (nSPS) is 13.4. The zero-order valence-electron chi connectivity index (χ0n) is 12.1. The van der Waals surface area contributed by atoms with E-state index in [0.29, 0.717) is 6.04 Å². The first kappa shape index (κ1) is 15.0. The zero-order chi connectivity index (χ0) is 13.6. The summed E-state index contributed by atoms with van der Waals surface area (Å²) in [4.78, 5) is 0. The standard InChI is InChI=1S/C15H25NO2/c1-12(16-11-10-15(2,3)18-5)13-6-8-14(17-4)9-7-13/h6-9,12,16H,10-11H2,1-5H3/t12-/m1/s1.